The van der Waals surface area contributed by atoms with Crippen LogP contribution in [0.2, 0.25) is 0 Å². The lowest BCUT2D eigenvalue weighted by Crippen LogP contribution is -2.04. The Hall–Kier alpha value is -1.99. The van der Waals surface area contributed by atoms with E-state index < -0.39 is 4.92 Å². The summed E-state index contributed by atoms with van der Waals surface area (Å²) in [6.07, 6.45) is 2.30. The molecule has 0 saturated carbocycles. The zero-order chi connectivity index (χ0) is 15.2. The summed E-state index contributed by atoms with van der Waals surface area (Å²) in [6, 6.07) is 8.48. The van der Waals surface area contributed by atoms with Gasteiger partial charge in [-0.25, -0.2) is 0 Å². The van der Waals surface area contributed by atoms with Gasteiger partial charge >= 0.3 is 0 Å². The molecule has 1 heterocycles. The monoisotopic (exact) mass is 351 g/mol. The number of nitro benzene ring substituents is 1. The summed E-state index contributed by atoms with van der Waals surface area (Å²) in [4.78, 5) is 14.8. The van der Waals surface area contributed by atoms with E-state index in [9.17, 15) is 10.1 Å². The van der Waals surface area contributed by atoms with E-state index >= 15 is 0 Å². The van der Waals surface area contributed by atoms with Crippen molar-refractivity contribution >= 4 is 21.6 Å². The summed E-state index contributed by atoms with van der Waals surface area (Å²) in [5.41, 5.74) is 6.87. The average molecular weight is 352 g/mol. The maximum absolute atomic E-state index is 11.0. The number of nitrogens with zero attached hydrogens (tertiary/aromatic N) is 2. The van der Waals surface area contributed by atoms with Crippen LogP contribution in [-0.2, 0) is 13.0 Å². The van der Waals surface area contributed by atoms with E-state index in [0.717, 1.165) is 5.69 Å². The summed E-state index contributed by atoms with van der Waals surface area (Å²) in [5, 5.41) is 11.0. The number of ether oxygens (including phenoxy) is 1. The molecule has 0 spiro atoms. The smallest absolute Gasteiger partial charge is 0.277 e. The molecule has 0 unspecified atom stereocenters. The molecule has 2 N–H and O–H groups in total. The second-order valence-corrected chi connectivity index (χ2v) is 5.26. The van der Waals surface area contributed by atoms with Gasteiger partial charge in [-0.15, -0.1) is 0 Å². The van der Waals surface area contributed by atoms with Crippen molar-refractivity contribution in [3.63, 3.8) is 0 Å². The number of halogens is 1. The molecule has 0 atom stereocenters. The first-order chi connectivity index (χ1) is 10.1. The van der Waals surface area contributed by atoms with Gasteiger partial charge in [0.05, 0.1) is 16.7 Å². The Bertz CT molecular complexity index is 632. The van der Waals surface area contributed by atoms with Crippen LogP contribution in [0.15, 0.2) is 41.0 Å². The molecule has 0 radical (unpaired) electrons. The highest BCUT2D eigenvalue weighted by Crippen LogP contribution is 2.24. The molecule has 7 heteroatoms. The maximum atomic E-state index is 11.0. The van der Waals surface area contributed by atoms with Gasteiger partial charge in [-0.3, -0.25) is 15.1 Å². The van der Waals surface area contributed by atoms with Gasteiger partial charge in [-0.2, -0.15) is 0 Å². The minimum atomic E-state index is -0.425. The molecule has 0 bridgehead atoms. The Morgan fingerprint density at radius 2 is 2.14 bits per heavy atom. The van der Waals surface area contributed by atoms with E-state index in [-0.39, 0.29) is 12.3 Å². The van der Waals surface area contributed by atoms with Crippen molar-refractivity contribution in [2.45, 2.75) is 13.0 Å². The van der Waals surface area contributed by atoms with Crippen LogP contribution in [0.3, 0.4) is 0 Å². The van der Waals surface area contributed by atoms with E-state index in [4.69, 9.17) is 10.5 Å². The molecule has 0 amide bonds. The highest BCUT2D eigenvalue weighted by Gasteiger charge is 2.14. The first-order valence-corrected chi connectivity index (χ1v) is 7.10. The normalized spacial score (nSPS) is 10.4. The summed E-state index contributed by atoms with van der Waals surface area (Å²) >= 11 is 3.22. The van der Waals surface area contributed by atoms with Gasteiger partial charge in [0.25, 0.3) is 5.69 Å². The largest absolute Gasteiger partial charge is 0.487 e. The van der Waals surface area contributed by atoms with Crippen molar-refractivity contribution in [1.29, 1.82) is 0 Å². The third kappa shape index (κ3) is 4.24. The number of rotatable bonds is 6. The summed E-state index contributed by atoms with van der Waals surface area (Å²) < 4.78 is 6.20. The quantitative estimate of drug-likeness (QED) is 0.638. The van der Waals surface area contributed by atoms with Crippen molar-refractivity contribution < 1.29 is 9.66 Å². The second kappa shape index (κ2) is 7.14. The molecule has 0 aliphatic rings. The summed E-state index contributed by atoms with van der Waals surface area (Å²) in [6.45, 7) is 0.653. The molecule has 0 aliphatic heterocycles. The summed E-state index contributed by atoms with van der Waals surface area (Å²) in [5.74, 6) is 0.563. The lowest BCUT2D eigenvalue weighted by molar-refractivity contribution is -0.385. The SMILES string of the molecule is NCCc1ccc(OCc2ccc(Br)cc2[N+](=O)[O-])cn1. The number of hydrogen-bond donors (Lipinski definition) is 1. The number of hydrogen-bond acceptors (Lipinski definition) is 5. The van der Waals surface area contributed by atoms with Gasteiger partial charge in [-0.1, -0.05) is 15.9 Å². The lowest BCUT2D eigenvalue weighted by atomic mass is 10.2. The van der Waals surface area contributed by atoms with Crippen LogP contribution in [0.1, 0.15) is 11.3 Å². The van der Waals surface area contributed by atoms with Gasteiger partial charge in [-0.05, 0) is 30.8 Å². The average Bonchev–Trinajstić information content (AvgIpc) is 2.47. The van der Waals surface area contributed by atoms with E-state index in [1.165, 1.54) is 6.07 Å². The van der Waals surface area contributed by atoms with Crippen molar-refractivity contribution in [2.75, 3.05) is 6.54 Å². The number of aromatic nitrogens is 1. The summed E-state index contributed by atoms with van der Waals surface area (Å²) in [7, 11) is 0. The Morgan fingerprint density at radius 3 is 2.76 bits per heavy atom. The fourth-order valence-electron chi connectivity index (χ4n) is 1.78. The maximum Gasteiger partial charge on any atom is 0.277 e. The molecule has 6 nitrogen and oxygen atoms in total. The van der Waals surface area contributed by atoms with Gasteiger partial charge in [0, 0.05) is 22.7 Å². The number of benzene rings is 1. The minimum Gasteiger partial charge on any atom is -0.487 e. The Morgan fingerprint density at radius 1 is 1.33 bits per heavy atom. The standard InChI is InChI=1S/C14H14BrN3O3/c15-11-2-1-10(14(7-11)18(19)20)9-21-13-4-3-12(5-6-16)17-8-13/h1-4,7-8H,5-6,9,16H2. The van der Waals surface area contributed by atoms with Crippen LogP contribution in [0.5, 0.6) is 5.75 Å². The third-order valence-electron chi connectivity index (χ3n) is 2.84. The topological polar surface area (TPSA) is 91.3 Å². The van der Waals surface area contributed by atoms with Crippen LogP contribution in [0.25, 0.3) is 0 Å². The molecule has 0 saturated heterocycles. The molecular formula is C14H14BrN3O3. The van der Waals surface area contributed by atoms with Crippen molar-refractivity contribution in [3.05, 3.63) is 62.4 Å². The first kappa shape index (κ1) is 15.4. The van der Waals surface area contributed by atoms with Gasteiger partial charge < -0.3 is 10.5 Å². The highest BCUT2D eigenvalue weighted by atomic mass is 79.9. The first-order valence-electron chi connectivity index (χ1n) is 6.31. The van der Waals surface area contributed by atoms with Gasteiger partial charge in [0.2, 0.25) is 0 Å². The van der Waals surface area contributed by atoms with Crippen molar-refractivity contribution in [3.8, 4) is 5.75 Å². The molecular weight excluding hydrogens is 338 g/mol. The van der Waals surface area contributed by atoms with Gasteiger partial charge in [0.1, 0.15) is 12.4 Å². The van der Waals surface area contributed by atoms with Crippen molar-refractivity contribution in [1.82, 2.24) is 4.98 Å². The van der Waals surface area contributed by atoms with Crippen LogP contribution >= 0.6 is 15.9 Å². The molecule has 0 fully saturated rings. The van der Waals surface area contributed by atoms with Crippen LogP contribution in [0.4, 0.5) is 5.69 Å². The zero-order valence-electron chi connectivity index (χ0n) is 11.2. The number of nitrogens with two attached hydrogens (primary N) is 1. The Kier molecular flexibility index (Phi) is 5.24. The number of pyridine rings is 1. The molecule has 21 heavy (non-hydrogen) atoms. The lowest BCUT2D eigenvalue weighted by Gasteiger charge is -2.07. The second-order valence-electron chi connectivity index (χ2n) is 4.34. The Labute approximate surface area is 130 Å². The van der Waals surface area contributed by atoms with Crippen LogP contribution in [-0.4, -0.2) is 16.5 Å². The van der Waals surface area contributed by atoms with E-state index in [1.807, 2.05) is 6.07 Å². The van der Waals surface area contributed by atoms with E-state index in [1.54, 1.807) is 24.4 Å². The molecule has 0 aliphatic carbocycles. The highest BCUT2D eigenvalue weighted by molar-refractivity contribution is 9.10. The Balaban J connectivity index is 2.07. The fraction of sp³-hybridized carbons (Fsp3) is 0.214. The molecule has 2 rings (SSSR count). The van der Waals surface area contributed by atoms with E-state index in [2.05, 4.69) is 20.9 Å². The molecule has 1 aromatic heterocycles. The van der Waals surface area contributed by atoms with Crippen LogP contribution in [0, 0.1) is 10.1 Å². The van der Waals surface area contributed by atoms with Crippen molar-refractivity contribution in [2.24, 2.45) is 5.73 Å². The van der Waals surface area contributed by atoms with Crippen LogP contribution < -0.4 is 10.5 Å². The van der Waals surface area contributed by atoms with E-state index in [0.29, 0.717) is 28.8 Å². The minimum absolute atomic E-state index is 0.0251. The molecule has 110 valence electrons. The fourth-order valence-corrected chi connectivity index (χ4v) is 2.13. The molecule has 1 aromatic carbocycles. The zero-order valence-corrected chi connectivity index (χ0v) is 12.7. The predicted octanol–water partition coefficient (Wildman–Crippen LogP) is 2.83. The number of nitro groups is 1. The van der Waals surface area contributed by atoms with Gasteiger partial charge in [0.15, 0.2) is 0 Å². The predicted molar refractivity (Wildman–Crippen MR) is 82.1 cm³/mol. The molecule has 2 aromatic rings. The third-order valence-corrected chi connectivity index (χ3v) is 3.33.